The van der Waals surface area contributed by atoms with Crippen molar-refractivity contribution in [2.75, 3.05) is 0 Å². The fourth-order valence-corrected chi connectivity index (χ4v) is 3.80. The number of thiazole rings is 1. The minimum atomic E-state index is -0.344. The summed E-state index contributed by atoms with van der Waals surface area (Å²) in [4.78, 5) is 17.7. The molecule has 0 atom stereocenters. The van der Waals surface area contributed by atoms with Crippen molar-refractivity contribution in [2.45, 2.75) is 6.54 Å². The Hall–Kier alpha value is -2.31. The number of aromatic nitrogens is 1. The maximum Gasteiger partial charge on any atom is 0.272 e. The van der Waals surface area contributed by atoms with Crippen molar-refractivity contribution in [1.82, 2.24) is 4.57 Å². The second kappa shape index (κ2) is 6.85. The predicted octanol–water partition coefficient (Wildman–Crippen LogP) is 4.23. The standard InChI is InChI=1S/C17H13FN2OS2/c1-2-9-20-14-7-5-12(18)11-15(14)23-17(20)19-16(21)8-6-13-4-3-10-22-13/h2-8,10-11H,1,9H2. The molecular weight excluding hydrogens is 331 g/mol. The highest BCUT2D eigenvalue weighted by atomic mass is 32.1. The van der Waals surface area contributed by atoms with Gasteiger partial charge < -0.3 is 4.57 Å². The van der Waals surface area contributed by atoms with Gasteiger partial charge in [-0.2, -0.15) is 4.99 Å². The Morgan fingerprint density at radius 1 is 1.39 bits per heavy atom. The number of allylic oxidation sites excluding steroid dienone is 1. The van der Waals surface area contributed by atoms with E-state index in [0.717, 1.165) is 15.1 Å². The lowest BCUT2D eigenvalue weighted by Gasteiger charge is -2.00. The van der Waals surface area contributed by atoms with Crippen LogP contribution >= 0.6 is 22.7 Å². The average molecular weight is 344 g/mol. The van der Waals surface area contributed by atoms with Crippen molar-refractivity contribution in [3.63, 3.8) is 0 Å². The number of thiophene rings is 1. The van der Waals surface area contributed by atoms with Crippen molar-refractivity contribution in [3.05, 3.63) is 69.9 Å². The highest BCUT2D eigenvalue weighted by Crippen LogP contribution is 2.18. The van der Waals surface area contributed by atoms with Gasteiger partial charge in [-0.3, -0.25) is 4.79 Å². The molecule has 0 N–H and O–H groups in total. The van der Waals surface area contributed by atoms with E-state index in [1.54, 1.807) is 29.6 Å². The lowest BCUT2D eigenvalue weighted by atomic mass is 10.3. The zero-order valence-corrected chi connectivity index (χ0v) is 13.7. The quantitative estimate of drug-likeness (QED) is 0.515. The molecule has 0 bridgehead atoms. The Balaban J connectivity index is 2.01. The lowest BCUT2D eigenvalue weighted by Crippen LogP contribution is -2.15. The van der Waals surface area contributed by atoms with E-state index in [1.165, 1.54) is 29.5 Å². The molecule has 0 saturated carbocycles. The highest BCUT2D eigenvalue weighted by molar-refractivity contribution is 7.16. The topological polar surface area (TPSA) is 34.4 Å². The Labute approximate surface area is 140 Å². The molecule has 3 nitrogen and oxygen atoms in total. The molecule has 6 heteroatoms. The summed E-state index contributed by atoms with van der Waals surface area (Å²) in [6.07, 6.45) is 4.90. The van der Waals surface area contributed by atoms with Crippen molar-refractivity contribution in [2.24, 2.45) is 4.99 Å². The Kier molecular flexibility index (Phi) is 4.64. The molecule has 0 spiro atoms. The SMILES string of the molecule is C=CCn1c(=NC(=O)C=Cc2cccs2)sc2cc(F)ccc21. The van der Waals surface area contributed by atoms with Crippen molar-refractivity contribution < 1.29 is 9.18 Å². The molecule has 0 aliphatic rings. The number of fused-ring (bicyclic) bond motifs is 1. The van der Waals surface area contributed by atoms with Gasteiger partial charge in [-0.25, -0.2) is 4.39 Å². The van der Waals surface area contributed by atoms with E-state index in [0.29, 0.717) is 11.3 Å². The van der Waals surface area contributed by atoms with Gasteiger partial charge >= 0.3 is 0 Å². The Bertz CT molecular complexity index is 949. The van der Waals surface area contributed by atoms with E-state index in [1.807, 2.05) is 22.1 Å². The second-order valence-electron chi connectivity index (χ2n) is 4.69. The summed E-state index contributed by atoms with van der Waals surface area (Å²) in [5, 5.41) is 1.94. The summed E-state index contributed by atoms with van der Waals surface area (Å²) in [5.41, 5.74) is 0.838. The van der Waals surface area contributed by atoms with E-state index in [9.17, 15) is 9.18 Å². The minimum Gasteiger partial charge on any atom is -0.312 e. The summed E-state index contributed by atoms with van der Waals surface area (Å²) in [5.74, 6) is -0.650. The van der Waals surface area contributed by atoms with Crippen LogP contribution in [-0.2, 0) is 11.3 Å². The van der Waals surface area contributed by atoms with Crippen molar-refractivity contribution in [3.8, 4) is 0 Å². The number of nitrogens with zero attached hydrogens (tertiary/aromatic N) is 2. The van der Waals surface area contributed by atoms with E-state index in [4.69, 9.17) is 0 Å². The van der Waals surface area contributed by atoms with Gasteiger partial charge in [0.1, 0.15) is 5.82 Å². The number of hydrogen-bond donors (Lipinski definition) is 0. The highest BCUT2D eigenvalue weighted by Gasteiger charge is 2.07. The van der Waals surface area contributed by atoms with E-state index < -0.39 is 0 Å². The van der Waals surface area contributed by atoms with Gasteiger partial charge in [0, 0.05) is 17.5 Å². The summed E-state index contributed by atoms with van der Waals surface area (Å²) >= 11 is 2.84. The molecule has 1 amide bonds. The summed E-state index contributed by atoms with van der Waals surface area (Å²) < 4.78 is 16.0. The van der Waals surface area contributed by atoms with Crippen LogP contribution < -0.4 is 4.80 Å². The van der Waals surface area contributed by atoms with Gasteiger partial charge in [-0.15, -0.1) is 17.9 Å². The Morgan fingerprint density at radius 3 is 3.00 bits per heavy atom. The molecule has 0 radical (unpaired) electrons. The number of benzene rings is 1. The van der Waals surface area contributed by atoms with Gasteiger partial charge in [0.2, 0.25) is 0 Å². The fourth-order valence-electron chi connectivity index (χ4n) is 2.11. The van der Waals surface area contributed by atoms with Crippen LogP contribution in [0.1, 0.15) is 4.88 Å². The number of hydrogen-bond acceptors (Lipinski definition) is 3. The molecule has 0 fully saturated rings. The third kappa shape index (κ3) is 3.55. The van der Waals surface area contributed by atoms with Crippen LogP contribution in [0.15, 0.2) is 59.4 Å². The number of carbonyl (C=O) groups excluding carboxylic acids is 1. The van der Waals surface area contributed by atoms with Crippen LogP contribution in [0, 0.1) is 5.82 Å². The first-order valence-electron chi connectivity index (χ1n) is 6.87. The number of amides is 1. The number of halogens is 1. The largest absolute Gasteiger partial charge is 0.312 e. The molecule has 0 aliphatic carbocycles. The molecule has 2 heterocycles. The maximum atomic E-state index is 13.4. The van der Waals surface area contributed by atoms with E-state index in [2.05, 4.69) is 11.6 Å². The molecule has 0 unspecified atom stereocenters. The van der Waals surface area contributed by atoms with E-state index in [-0.39, 0.29) is 11.7 Å². The summed E-state index contributed by atoms with van der Waals surface area (Å²) in [7, 11) is 0. The van der Waals surface area contributed by atoms with Crippen molar-refractivity contribution in [1.29, 1.82) is 0 Å². The molecule has 2 aromatic heterocycles. The average Bonchev–Trinajstić information content (AvgIpc) is 3.14. The molecule has 0 saturated heterocycles. The maximum absolute atomic E-state index is 13.4. The molecule has 1 aromatic carbocycles. The Morgan fingerprint density at radius 2 is 2.26 bits per heavy atom. The smallest absolute Gasteiger partial charge is 0.272 e. The molecular formula is C17H13FN2OS2. The van der Waals surface area contributed by atoms with Crippen LogP contribution in [0.25, 0.3) is 16.3 Å². The van der Waals surface area contributed by atoms with Crippen LogP contribution in [0.2, 0.25) is 0 Å². The third-order valence-electron chi connectivity index (χ3n) is 3.10. The van der Waals surface area contributed by atoms with Gasteiger partial charge in [-0.1, -0.05) is 23.5 Å². The van der Waals surface area contributed by atoms with Crippen LogP contribution in [0.4, 0.5) is 4.39 Å². The molecule has 0 aliphatic heterocycles. The van der Waals surface area contributed by atoms with Crippen LogP contribution in [0.5, 0.6) is 0 Å². The predicted molar refractivity (Wildman–Crippen MR) is 93.9 cm³/mol. The first-order chi connectivity index (χ1) is 11.2. The molecule has 23 heavy (non-hydrogen) atoms. The number of carbonyl (C=O) groups is 1. The monoisotopic (exact) mass is 344 g/mol. The zero-order valence-electron chi connectivity index (χ0n) is 12.1. The van der Waals surface area contributed by atoms with Gasteiger partial charge in [0.15, 0.2) is 4.80 Å². The summed E-state index contributed by atoms with van der Waals surface area (Å²) in [6.45, 7) is 4.23. The molecule has 3 aromatic rings. The van der Waals surface area contributed by atoms with Gasteiger partial charge in [0.05, 0.1) is 10.2 Å². The fraction of sp³-hybridized carbons (Fsp3) is 0.0588. The van der Waals surface area contributed by atoms with Crippen LogP contribution in [0.3, 0.4) is 0 Å². The molecule has 116 valence electrons. The van der Waals surface area contributed by atoms with E-state index >= 15 is 0 Å². The zero-order chi connectivity index (χ0) is 16.2. The first kappa shape index (κ1) is 15.6. The molecule has 3 rings (SSSR count). The minimum absolute atomic E-state index is 0.306. The van der Waals surface area contributed by atoms with Gasteiger partial charge in [-0.05, 0) is 35.7 Å². The first-order valence-corrected chi connectivity index (χ1v) is 8.57. The second-order valence-corrected chi connectivity index (χ2v) is 6.68. The normalized spacial score (nSPS) is 12.3. The van der Waals surface area contributed by atoms with Crippen LogP contribution in [-0.4, -0.2) is 10.5 Å². The van der Waals surface area contributed by atoms with Gasteiger partial charge in [0.25, 0.3) is 5.91 Å². The van der Waals surface area contributed by atoms with Crippen molar-refractivity contribution >= 4 is 44.9 Å². The lowest BCUT2D eigenvalue weighted by molar-refractivity contribution is -0.113. The number of rotatable bonds is 4. The third-order valence-corrected chi connectivity index (χ3v) is 4.97. The summed E-state index contributed by atoms with van der Waals surface area (Å²) in [6, 6.07) is 8.39.